The van der Waals surface area contributed by atoms with Crippen LogP contribution in [0.4, 0.5) is 0 Å². The van der Waals surface area contributed by atoms with Crippen LogP contribution in [0.5, 0.6) is 0 Å². The van der Waals surface area contributed by atoms with Crippen molar-refractivity contribution in [3.8, 4) is 0 Å². The minimum absolute atomic E-state index is 0.00693. The molecule has 11 N–H and O–H groups in total. The van der Waals surface area contributed by atoms with E-state index >= 15 is 0 Å². The molecule has 20 heteroatoms. The summed E-state index contributed by atoms with van der Waals surface area (Å²) in [5.74, 6) is -4.09. The lowest BCUT2D eigenvalue weighted by Gasteiger charge is -2.22. The average Bonchev–Trinajstić information content (AvgIpc) is 3.20. The van der Waals surface area contributed by atoms with E-state index in [0.717, 1.165) is 85.8 Å². The summed E-state index contributed by atoms with van der Waals surface area (Å²) in [5.41, 5.74) is 12.1. The summed E-state index contributed by atoms with van der Waals surface area (Å²) < 4.78 is 9.74. The number of aliphatic hydroxyl groups is 1. The molecule has 0 aliphatic rings. The Hall–Kier alpha value is -3.17. The van der Waals surface area contributed by atoms with Crippen molar-refractivity contribution in [3.05, 3.63) is 0 Å². The van der Waals surface area contributed by atoms with Crippen LogP contribution in [0.25, 0.3) is 0 Å². The summed E-state index contributed by atoms with van der Waals surface area (Å²) >= 11 is 0. The van der Waals surface area contributed by atoms with Gasteiger partial charge in [0, 0.05) is 36.9 Å². The fraction of sp³-hybridized carbons (Fsp3) is 0.816. The molecule has 18 nitrogen and oxygen atoms in total. The van der Waals surface area contributed by atoms with Gasteiger partial charge in [-0.3, -0.25) is 38.9 Å². The van der Waals surface area contributed by atoms with Gasteiger partial charge in [0.2, 0.25) is 29.5 Å². The second kappa shape index (κ2) is 35.7. The fourth-order valence-corrected chi connectivity index (χ4v) is 7.52. The van der Waals surface area contributed by atoms with Crippen LogP contribution < -0.4 is 43.4 Å². The number of nitrogens with one attached hydrogen (secondary N) is 6. The molecule has 58 heavy (non-hydrogen) atoms. The number of nitrogens with two attached hydrogens (primary N) is 2. The number of carbonyl (C=O) groups is 7. The maximum Gasteiger partial charge on any atom is 0.325 e. The zero-order valence-electron chi connectivity index (χ0n) is 35.0. The first-order valence-corrected chi connectivity index (χ1v) is 23.2. The number of ether oxygens (including phenoxy) is 2. The minimum atomic E-state index is -1.13. The predicted octanol–water partition coefficient (Wildman–Crippen LogP) is 0.876. The van der Waals surface area contributed by atoms with Gasteiger partial charge in [-0.2, -0.15) is 0 Å². The van der Waals surface area contributed by atoms with Crippen molar-refractivity contribution in [3.63, 3.8) is 0 Å². The Morgan fingerprint density at radius 1 is 0.586 bits per heavy atom. The van der Waals surface area contributed by atoms with Crippen LogP contribution in [0.3, 0.4) is 0 Å². The first-order valence-electron chi connectivity index (χ1n) is 20.7. The molecule has 0 heterocycles. The van der Waals surface area contributed by atoms with Crippen molar-refractivity contribution in [2.75, 3.05) is 50.9 Å². The van der Waals surface area contributed by atoms with E-state index in [2.05, 4.69) is 45.7 Å². The van der Waals surface area contributed by atoms with Crippen LogP contribution in [0.2, 0.25) is 0 Å². The van der Waals surface area contributed by atoms with Gasteiger partial charge in [0.25, 0.3) is 0 Å². The van der Waals surface area contributed by atoms with Crippen molar-refractivity contribution < 1.29 is 48.1 Å². The molecule has 5 amide bonds. The van der Waals surface area contributed by atoms with E-state index in [-0.39, 0.29) is 56.3 Å². The van der Waals surface area contributed by atoms with Crippen LogP contribution in [-0.2, 0) is 43.0 Å². The van der Waals surface area contributed by atoms with Gasteiger partial charge in [-0.25, -0.2) is 0 Å². The Kier molecular flexibility index (Phi) is 33.8. The van der Waals surface area contributed by atoms with Gasteiger partial charge in [0.05, 0.1) is 19.3 Å². The highest BCUT2D eigenvalue weighted by Gasteiger charge is 2.26. The van der Waals surface area contributed by atoms with Crippen LogP contribution in [0, 0.1) is 0 Å². The molecule has 0 aromatic heterocycles. The Balaban J connectivity index is 5.36. The molecule has 0 fully saturated rings. The number of esters is 2. The smallest absolute Gasteiger partial charge is 0.325 e. The molecule has 336 valence electrons. The van der Waals surface area contributed by atoms with Gasteiger partial charge in [0.15, 0.2) is 0 Å². The number of rotatable bonds is 36. The summed E-state index contributed by atoms with van der Waals surface area (Å²) in [5, 5.41) is 26.3. The molecular weight excluding hydrogens is 793 g/mol. The lowest BCUT2D eigenvalue weighted by molar-refractivity contribution is -0.144. The molecule has 0 bridgehead atoms. The molecule has 0 aromatic carbocycles. The third-order valence-electron chi connectivity index (χ3n) is 8.62. The first-order chi connectivity index (χ1) is 27.8. The standard InChI is InChI=1S/C38H72N8O10S2/c1-5-9-11-13-15-21-41-35(51)27(39)17-19-31(47)45-29(37(53)43-23-33(49)55-7-3)25-57-58-26-30(38(54)44-24-34(50)56-8-4)46-32(48)20-18-28(40)36(52)42-22-16-14-12-10-6-2/h27-30,35,41,51H,5-26,39-40H2,1-4H3,(H,42,52)(H,43,53)(H,44,54)(H,45,47)(H,46,48). The van der Waals surface area contributed by atoms with Crippen molar-refractivity contribution in [2.24, 2.45) is 11.5 Å². The SMILES string of the molecule is CCCCCCCNC(=O)C(N)CCC(=O)NC(CSSCC(NC(=O)CCC(N)C(O)NCCCCCCC)C(=O)NCC(=O)OCC)C(=O)NCC(=O)OCC. The van der Waals surface area contributed by atoms with Gasteiger partial charge in [-0.05, 0) is 46.1 Å². The van der Waals surface area contributed by atoms with E-state index in [1.807, 2.05) is 0 Å². The van der Waals surface area contributed by atoms with Gasteiger partial charge < -0.3 is 52.6 Å². The molecule has 0 aliphatic carbocycles. The van der Waals surface area contributed by atoms with Crippen molar-refractivity contribution in [1.82, 2.24) is 31.9 Å². The summed E-state index contributed by atoms with van der Waals surface area (Å²) in [6, 6.07) is -3.90. The molecule has 5 atom stereocenters. The van der Waals surface area contributed by atoms with Gasteiger partial charge >= 0.3 is 11.9 Å². The first kappa shape index (κ1) is 54.8. The molecule has 0 aliphatic heterocycles. The number of hydrogen-bond donors (Lipinski definition) is 9. The third kappa shape index (κ3) is 29.1. The van der Waals surface area contributed by atoms with Crippen LogP contribution in [0.1, 0.15) is 118 Å². The van der Waals surface area contributed by atoms with Crippen molar-refractivity contribution in [1.29, 1.82) is 0 Å². The quantitative estimate of drug-likeness (QED) is 0.0183. The topological polar surface area (TPSA) is 282 Å². The average molecular weight is 865 g/mol. The van der Waals surface area contributed by atoms with E-state index in [4.69, 9.17) is 20.9 Å². The number of hydrogen-bond acceptors (Lipinski definition) is 15. The zero-order chi connectivity index (χ0) is 43.6. The molecule has 0 saturated heterocycles. The molecule has 0 rings (SSSR count). The highest BCUT2D eigenvalue weighted by molar-refractivity contribution is 8.76. The third-order valence-corrected chi connectivity index (χ3v) is 11.0. The van der Waals surface area contributed by atoms with Gasteiger partial charge in [0.1, 0.15) is 31.4 Å². The maximum absolute atomic E-state index is 13.1. The van der Waals surface area contributed by atoms with Crippen LogP contribution >= 0.6 is 21.6 Å². The molecule has 0 radical (unpaired) electrons. The number of carbonyl (C=O) groups excluding carboxylic acids is 7. The van der Waals surface area contributed by atoms with Crippen molar-refractivity contribution in [2.45, 2.75) is 148 Å². The molecule has 0 saturated carbocycles. The summed E-state index contributed by atoms with van der Waals surface area (Å²) in [6.45, 7) is 7.97. The largest absolute Gasteiger partial charge is 0.465 e. The molecule has 0 aromatic rings. The second-order valence-corrected chi connectivity index (χ2v) is 16.3. The summed E-state index contributed by atoms with van der Waals surface area (Å²) in [6.07, 6.45) is 9.43. The normalized spacial score (nSPS) is 13.6. The Morgan fingerprint density at radius 3 is 1.50 bits per heavy atom. The Morgan fingerprint density at radius 2 is 1.03 bits per heavy atom. The molecular formula is C38H72N8O10S2. The van der Waals surface area contributed by atoms with Crippen molar-refractivity contribution >= 4 is 63.1 Å². The highest BCUT2D eigenvalue weighted by Crippen LogP contribution is 2.23. The van der Waals surface area contributed by atoms with E-state index in [9.17, 15) is 38.7 Å². The molecule has 0 spiro atoms. The summed E-state index contributed by atoms with van der Waals surface area (Å²) in [4.78, 5) is 88.2. The van der Waals surface area contributed by atoms with E-state index in [1.54, 1.807) is 13.8 Å². The number of amides is 5. The van der Waals surface area contributed by atoms with Crippen LogP contribution in [-0.4, -0.2) is 128 Å². The monoisotopic (exact) mass is 864 g/mol. The van der Waals surface area contributed by atoms with Gasteiger partial charge in [-0.1, -0.05) is 86.8 Å². The summed E-state index contributed by atoms with van der Waals surface area (Å²) in [7, 11) is 2.23. The lowest BCUT2D eigenvalue weighted by atomic mass is 10.1. The van der Waals surface area contributed by atoms with Gasteiger partial charge in [-0.15, -0.1) is 0 Å². The van der Waals surface area contributed by atoms with E-state index in [1.165, 1.54) is 0 Å². The van der Waals surface area contributed by atoms with Crippen LogP contribution in [0.15, 0.2) is 0 Å². The van der Waals surface area contributed by atoms with E-state index in [0.29, 0.717) is 13.1 Å². The Bertz CT molecular complexity index is 1210. The van der Waals surface area contributed by atoms with E-state index < -0.39 is 79.1 Å². The highest BCUT2D eigenvalue weighted by atomic mass is 33.1. The molecule has 5 unspecified atom stereocenters. The lowest BCUT2D eigenvalue weighted by Crippen LogP contribution is -2.50. The predicted molar refractivity (Wildman–Crippen MR) is 227 cm³/mol. The number of unbranched alkanes of at least 4 members (excludes halogenated alkanes) is 8. The fourth-order valence-electron chi connectivity index (χ4n) is 5.19. The maximum atomic E-state index is 13.1. The Labute approximate surface area is 352 Å². The second-order valence-electron chi connectivity index (χ2n) is 13.7. The number of aliphatic hydroxyl groups excluding tert-OH is 1. The minimum Gasteiger partial charge on any atom is -0.465 e. The zero-order valence-corrected chi connectivity index (χ0v) is 36.7.